The van der Waals surface area contributed by atoms with Gasteiger partial charge in [-0.25, -0.2) is 9.37 Å². The molecule has 3 rings (SSSR count). The van der Waals surface area contributed by atoms with Crippen LogP contribution in [0.2, 0.25) is 0 Å². The molecule has 26 heavy (non-hydrogen) atoms. The lowest BCUT2D eigenvalue weighted by molar-refractivity contribution is 0.102. The molecule has 0 spiro atoms. The monoisotopic (exact) mass is 357 g/mol. The van der Waals surface area contributed by atoms with E-state index in [1.165, 1.54) is 12.5 Å². The molecule has 2 heterocycles. The van der Waals surface area contributed by atoms with Gasteiger partial charge < -0.3 is 15.1 Å². The van der Waals surface area contributed by atoms with Gasteiger partial charge in [0.15, 0.2) is 5.82 Å². The van der Waals surface area contributed by atoms with Crippen LogP contribution in [0.1, 0.15) is 35.2 Å². The van der Waals surface area contributed by atoms with E-state index in [1.54, 1.807) is 25.3 Å². The van der Waals surface area contributed by atoms with Crippen LogP contribution in [0.5, 0.6) is 0 Å². The summed E-state index contributed by atoms with van der Waals surface area (Å²) < 4.78 is 13.7. The van der Waals surface area contributed by atoms with Crippen molar-refractivity contribution < 1.29 is 9.18 Å². The van der Waals surface area contributed by atoms with Gasteiger partial charge >= 0.3 is 0 Å². The first-order chi connectivity index (χ1) is 12.5. The van der Waals surface area contributed by atoms with E-state index in [1.807, 2.05) is 19.0 Å². The van der Waals surface area contributed by atoms with Gasteiger partial charge in [0, 0.05) is 32.7 Å². The number of nitrogens with one attached hydrogen (secondary N) is 1. The average molecular weight is 357 g/mol. The Morgan fingerprint density at radius 2 is 1.96 bits per heavy atom. The lowest BCUT2D eigenvalue weighted by Crippen LogP contribution is -2.31. The minimum absolute atomic E-state index is 0.262. The Morgan fingerprint density at radius 3 is 2.62 bits per heavy atom. The first kappa shape index (κ1) is 18.1. The van der Waals surface area contributed by atoms with Crippen LogP contribution in [0.25, 0.3) is 0 Å². The number of anilines is 3. The van der Waals surface area contributed by atoms with Crippen molar-refractivity contribution in [2.45, 2.75) is 26.2 Å². The first-order valence-electron chi connectivity index (χ1n) is 8.82. The fourth-order valence-corrected chi connectivity index (χ4v) is 2.97. The van der Waals surface area contributed by atoms with E-state index in [4.69, 9.17) is 0 Å². The van der Waals surface area contributed by atoms with Crippen molar-refractivity contribution in [2.24, 2.45) is 0 Å². The summed E-state index contributed by atoms with van der Waals surface area (Å²) in [5.74, 6) is 0.512. The Bertz CT molecular complexity index is 803. The van der Waals surface area contributed by atoms with Gasteiger partial charge in [-0.15, -0.1) is 0 Å². The van der Waals surface area contributed by atoms with E-state index in [2.05, 4.69) is 20.2 Å². The first-order valence-corrected chi connectivity index (χ1v) is 8.82. The molecule has 6 nitrogen and oxygen atoms in total. The second-order valence-corrected chi connectivity index (χ2v) is 6.77. The molecule has 2 aromatic rings. The summed E-state index contributed by atoms with van der Waals surface area (Å²) in [7, 11) is 3.73. The zero-order valence-corrected chi connectivity index (χ0v) is 15.4. The number of hydrogen-bond donors (Lipinski definition) is 1. The van der Waals surface area contributed by atoms with Crippen molar-refractivity contribution >= 4 is 23.4 Å². The van der Waals surface area contributed by atoms with E-state index in [9.17, 15) is 9.18 Å². The molecule has 1 aromatic heterocycles. The molecule has 1 aromatic carbocycles. The van der Waals surface area contributed by atoms with Crippen molar-refractivity contribution in [3.05, 3.63) is 41.3 Å². The molecule has 0 aliphatic carbocycles. The zero-order valence-electron chi connectivity index (χ0n) is 15.4. The van der Waals surface area contributed by atoms with E-state index in [-0.39, 0.29) is 11.5 Å². The Labute approximate surface area is 153 Å². The highest BCUT2D eigenvalue weighted by Gasteiger charge is 2.18. The number of aromatic nitrogens is 2. The smallest absolute Gasteiger partial charge is 0.255 e. The number of carbonyl (C=O) groups excluding carboxylic acids is 1. The van der Waals surface area contributed by atoms with E-state index >= 15 is 0 Å². The van der Waals surface area contributed by atoms with E-state index in [0.717, 1.165) is 25.9 Å². The number of hydrogen-bond acceptors (Lipinski definition) is 5. The predicted molar refractivity (Wildman–Crippen MR) is 102 cm³/mol. The molecule has 1 fully saturated rings. The van der Waals surface area contributed by atoms with Gasteiger partial charge in [0.05, 0.1) is 6.20 Å². The predicted octanol–water partition coefficient (Wildman–Crippen LogP) is 3.23. The number of carbonyl (C=O) groups is 1. The molecule has 0 bridgehead atoms. The third-order valence-corrected chi connectivity index (χ3v) is 4.50. The summed E-state index contributed by atoms with van der Waals surface area (Å²) in [6.07, 6.45) is 5.13. The number of aryl methyl sites for hydroxylation is 1. The Balaban J connectivity index is 1.84. The van der Waals surface area contributed by atoms with Crippen molar-refractivity contribution in [3.8, 4) is 0 Å². The van der Waals surface area contributed by atoms with Crippen LogP contribution in [0.3, 0.4) is 0 Å². The minimum Gasteiger partial charge on any atom is -0.361 e. The number of amides is 1. The number of rotatable bonds is 4. The zero-order chi connectivity index (χ0) is 18.7. The average Bonchev–Trinajstić information content (AvgIpc) is 2.64. The fraction of sp³-hybridized carbons (Fsp3) is 0.421. The van der Waals surface area contributed by atoms with Crippen LogP contribution < -0.4 is 15.1 Å². The van der Waals surface area contributed by atoms with Gasteiger partial charge in [-0.3, -0.25) is 4.79 Å². The summed E-state index contributed by atoms with van der Waals surface area (Å²) >= 11 is 0. The Kier molecular flexibility index (Phi) is 5.35. The van der Waals surface area contributed by atoms with Gasteiger partial charge in [0.1, 0.15) is 11.5 Å². The van der Waals surface area contributed by atoms with E-state index in [0.29, 0.717) is 23.0 Å². The topological polar surface area (TPSA) is 61.4 Å². The molecule has 1 saturated heterocycles. The second kappa shape index (κ2) is 7.68. The van der Waals surface area contributed by atoms with Crippen molar-refractivity contribution in [1.82, 2.24) is 9.97 Å². The van der Waals surface area contributed by atoms with Gasteiger partial charge in [-0.2, -0.15) is 4.98 Å². The fourth-order valence-electron chi connectivity index (χ4n) is 2.97. The van der Waals surface area contributed by atoms with Crippen LogP contribution in [-0.2, 0) is 0 Å². The summed E-state index contributed by atoms with van der Waals surface area (Å²) in [5.41, 5.74) is 1.27. The maximum absolute atomic E-state index is 13.7. The third-order valence-electron chi connectivity index (χ3n) is 4.50. The standard InChI is InChI=1S/C19H24FN5O/c1-13-7-8-14(11-15(13)20)18(26)22-16-12-21-19(23-17(16)24(2)3)25-9-5-4-6-10-25/h7-8,11-12H,4-6,9-10H2,1-3H3,(H,22,26). The minimum atomic E-state index is -0.401. The van der Waals surface area contributed by atoms with Crippen LogP contribution >= 0.6 is 0 Å². The largest absolute Gasteiger partial charge is 0.361 e. The number of nitrogens with zero attached hydrogens (tertiary/aromatic N) is 4. The maximum Gasteiger partial charge on any atom is 0.255 e. The summed E-state index contributed by atoms with van der Waals surface area (Å²) in [6.45, 7) is 3.55. The maximum atomic E-state index is 13.7. The van der Waals surface area contributed by atoms with Crippen molar-refractivity contribution in [2.75, 3.05) is 42.3 Å². The lowest BCUT2D eigenvalue weighted by Gasteiger charge is -2.28. The van der Waals surface area contributed by atoms with Gasteiger partial charge in [-0.05, 0) is 43.9 Å². The molecule has 138 valence electrons. The van der Waals surface area contributed by atoms with Gasteiger partial charge in [0.2, 0.25) is 5.95 Å². The van der Waals surface area contributed by atoms with Crippen molar-refractivity contribution in [3.63, 3.8) is 0 Å². The molecule has 7 heteroatoms. The summed E-state index contributed by atoms with van der Waals surface area (Å²) in [6, 6.07) is 4.43. The van der Waals surface area contributed by atoms with E-state index < -0.39 is 5.82 Å². The molecule has 0 saturated carbocycles. The Hall–Kier alpha value is -2.70. The molecular weight excluding hydrogens is 333 g/mol. The highest BCUT2D eigenvalue weighted by Crippen LogP contribution is 2.25. The van der Waals surface area contributed by atoms with Gasteiger partial charge in [-0.1, -0.05) is 6.07 Å². The van der Waals surface area contributed by atoms with Crippen LogP contribution in [0, 0.1) is 12.7 Å². The number of halogens is 1. The number of piperidine rings is 1. The van der Waals surface area contributed by atoms with Crippen LogP contribution in [-0.4, -0.2) is 43.1 Å². The quantitative estimate of drug-likeness (QED) is 0.910. The molecule has 1 aliphatic rings. The molecule has 0 radical (unpaired) electrons. The highest BCUT2D eigenvalue weighted by atomic mass is 19.1. The summed E-state index contributed by atoms with van der Waals surface area (Å²) in [5, 5.41) is 2.79. The molecule has 1 amide bonds. The molecule has 0 unspecified atom stereocenters. The number of benzene rings is 1. The molecule has 0 atom stereocenters. The molecular formula is C19H24FN5O. The molecule has 1 aliphatic heterocycles. The van der Waals surface area contributed by atoms with Gasteiger partial charge in [0.25, 0.3) is 5.91 Å². The van der Waals surface area contributed by atoms with Crippen LogP contribution in [0.4, 0.5) is 21.8 Å². The molecule has 1 N–H and O–H groups in total. The van der Waals surface area contributed by atoms with Crippen molar-refractivity contribution in [1.29, 1.82) is 0 Å². The third kappa shape index (κ3) is 3.92. The Morgan fingerprint density at radius 1 is 1.23 bits per heavy atom. The summed E-state index contributed by atoms with van der Waals surface area (Å²) in [4.78, 5) is 25.5. The SMILES string of the molecule is Cc1ccc(C(=O)Nc2cnc(N3CCCCC3)nc2N(C)C)cc1F. The van der Waals surface area contributed by atoms with Crippen LogP contribution in [0.15, 0.2) is 24.4 Å². The second-order valence-electron chi connectivity index (χ2n) is 6.77. The highest BCUT2D eigenvalue weighted by molar-refractivity contribution is 6.05. The normalized spacial score (nSPS) is 14.2. The lowest BCUT2D eigenvalue weighted by atomic mass is 10.1.